The van der Waals surface area contributed by atoms with Crippen molar-refractivity contribution in [2.75, 3.05) is 6.54 Å². The van der Waals surface area contributed by atoms with Crippen LogP contribution in [0.4, 0.5) is 13.2 Å². The second-order valence-corrected chi connectivity index (χ2v) is 4.09. The lowest BCUT2D eigenvalue weighted by Crippen LogP contribution is -2.28. The fourth-order valence-corrected chi connectivity index (χ4v) is 2.18. The summed E-state index contributed by atoms with van der Waals surface area (Å²) < 4.78 is 38.3. The zero-order chi connectivity index (χ0) is 11.6. The number of hydrogen-bond acceptors (Lipinski definition) is 1. The summed E-state index contributed by atoms with van der Waals surface area (Å²) in [5.74, 6) is 0. The summed E-state index contributed by atoms with van der Waals surface area (Å²) in [5, 5.41) is 3.15. The van der Waals surface area contributed by atoms with Gasteiger partial charge in [-0.15, -0.1) is 12.4 Å². The van der Waals surface area contributed by atoms with E-state index in [2.05, 4.69) is 5.32 Å². The predicted octanol–water partition coefficient (Wildman–Crippen LogP) is 3.94. The Hall–Kier alpha value is -0.740. The molecule has 2 rings (SSSR count). The van der Waals surface area contributed by atoms with Gasteiger partial charge in [0, 0.05) is 6.04 Å². The second kappa shape index (κ2) is 5.74. The summed E-state index contributed by atoms with van der Waals surface area (Å²) >= 11 is 0. The van der Waals surface area contributed by atoms with Crippen molar-refractivity contribution < 1.29 is 13.2 Å². The predicted molar refractivity (Wildman–Crippen MR) is 63.3 cm³/mol. The lowest BCUT2D eigenvalue weighted by atomic mass is 9.93. The van der Waals surface area contributed by atoms with Gasteiger partial charge in [0.2, 0.25) is 0 Å². The summed E-state index contributed by atoms with van der Waals surface area (Å²) in [6, 6.07) is 5.69. The first-order chi connectivity index (χ1) is 7.59. The van der Waals surface area contributed by atoms with Crippen molar-refractivity contribution in [2.45, 2.75) is 31.5 Å². The van der Waals surface area contributed by atoms with E-state index in [-0.39, 0.29) is 18.4 Å². The highest BCUT2D eigenvalue weighted by atomic mass is 35.5. The Morgan fingerprint density at radius 3 is 2.41 bits per heavy atom. The molecule has 1 aromatic rings. The molecule has 0 aromatic heterocycles. The zero-order valence-corrected chi connectivity index (χ0v) is 10.1. The quantitative estimate of drug-likeness (QED) is 0.811. The Kier molecular flexibility index (Phi) is 4.83. The minimum absolute atomic E-state index is 0. The fourth-order valence-electron chi connectivity index (χ4n) is 2.18. The van der Waals surface area contributed by atoms with Crippen molar-refractivity contribution >= 4 is 12.4 Å². The van der Waals surface area contributed by atoms with E-state index in [4.69, 9.17) is 0 Å². The van der Waals surface area contributed by atoms with E-state index in [1.54, 1.807) is 12.1 Å². The summed E-state index contributed by atoms with van der Waals surface area (Å²) in [6.45, 7) is 0.802. The normalized spacial score (nSPS) is 20.8. The molecule has 1 aliphatic heterocycles. The molecule has 1 nitrogen and oxygen atoms in total. The number of piperidine rings is 1. The molecule has 1 N–H and O–H groups in total. The molecule has 0 saturated carbocycles. The molecule has 17 heavy (non-hydrogen) atoms. The topological polar surface area (TPSA) is 12.0 Å². The number of halogens is 4. The van der Waals surface area contributed by atoms with Crippen LogP contribution in [0.3, 0.4) is 0 Å². The molecule has 1 fully saturated rings. The first-order valence-corrected chi connectivity index (χ1v) is 5.48. The van der Waals surface area contributed by atoms with E-state index < -0.39 is 11.7 Å². The van der Waals surface area contributed by atoms with Gasteiger partial charge in [-0.05, 0) is 31.0 Å². The van der Waals surface area contributed by atoms with Crippen molar-refractivity contribution in [3.63, 3.8) is 0 Å². The van der Waals surface area contributed by atoms with Crippen LogP contribution in [0.15, 0.2) is 24.3 Å². The highest BCUT2D eigenvalue weighted by molar-refractivity contribution is 5.85. The lowest BCUT2D eigenvalue weighted by molar-refractivity contribution is -0.138. The molecule has 96 valence electrons. The van der Waals surface area contributed by atoms with E-state index in [0.717, 1.165) is 31.9 Å². The van der Waals surface area contributed by atoms with Gasteiger partial charge in [-0.25, -0.2) is 0 Å². The standard InChI is InChI=1S/C12H14F3N.ClH/c13-12(14,15)10-6-2-1-5-9(10)11-7-3-4-8-16-11;/h1-2,5-6,11,16H,3-4,7-8H2;1H. The van der Waals surface area contributed by atoms with Gasteiger partial charge in [0.05, 0.1) is 5.56 Å². The third kappa shape index (κ3) is 3.36. The second-order valence-electron chi connectivity index (χ2n) is 4.09. The number of rotatable bonds is 1. The number of nitrogens with one attached hydrogen (secondary N) is 1. The molecule has 0 spiro atoms. The van der Waals surface area contributed by atoms with Crippen LogP contribution in [0.1, 0.15) is 36.4 Å². The van der Waals surface area contributed by atoms with Crippen LogP contribution in [0.5, 0.6) is 0 Å². The Balaban J connectivity index is 0.00000144. The molecule has 0 aliphatic carbocycles. The molecule has 1 unspecified atom stereocenters. The smallest absolute Gasteiger partial charge is 0.310 e. The molecule has 5 heteroatoms. The highest BCUT2D eigenvalue weighted by Crippen LogP contribution is 2.36. The largest absolute Gasteiger partial charge is 0.416 e. The van der Waals surface area contributed by atoms with Crippen molar-refractivity contribution in [1.29, 1.82) is 0 Å². The maximum atomic E-state index is 12.8. The summed E-state index contributed by atoms with van der Waals surface area (Å²) in [4.78, 5) is 0. The van der Waals surface area contributed by atoms with Crippen molar-refractivity contribution in [2.24, 2.45) is 0 Å². The molecule has 0 amide bonds. The Labute approximate surface area is 105 Å². The average molecular weight is 266 g/mol. The number of hydrogen-bond donors (Lipinski definition) is 1. The van der Waals surface area contributed by atoms with E-state index in [0.29, 0.717) is 5.56 Å². The highest BCUT2D eigenvalue weighted by Gasteiger charge is 2.34. The molecule has 1 aromatic carbocycles. The van der Waals surface area contributed by atoms with Gasteiger partial charge < -0.3 is 5.32 Å². The number of benzene rings is 1. The monoisotopic (exact) mass is 265 g/mol. The Bertz CT molecular complexity index is 359. The first-order valence-electron chi connectivity index (χ1n) is 5.48. The van der Waals surface area contributed by atoms with Crippen LogP contribution in [0.25, 0.3) is 0 Å². The van der Waals surface area contributed by atoms with Crippen LogP contribution >= 0.6 is 12.4 Å². The molecule has 1 atom stereocenters. The molecule has 1 heterocycles. The van der Waals surface area contributed by atoms with Gasteiger partial charge in [0.1, 0.15) is 0 Å². The van der Waals surface area contributed by atoms with Gasteiger partial charge in [0.15, 0.2) is 0 Å². The van der Waals surface area contributed by atoms with Crippen LogP contribution in [-0.4, -0.2) is 6.54 Å². The van der Waals surface area contributed by atoms with Crippen LogP contribution in [0, 0.1) is 0 Å². The number of alkyl halides is 3. The summed E-state index contributed by atoms with van der Waals surface area (Å²) in [5.41, 5.74) is -0.121. The Morgan fingerprint density at radius 2 is 1.82 bits per heavy atom. The zero-order valence-electron chi connectivity index (χ0n) is 9.26. The van der Waals surface area contributed by atoms with E-state index in [9.17, 15) is 13.2 Å². The minimum Gasteiger partial charge on any atom is -0.310 e. The summed E-state index contributed by atoms with van der Waals surface area (Å²) in [7, 11) is 0. The van der Waals surface area contributed by atoms with E-state index >= 15 is 0 Å². The van der Waals surface area contributed by atoms with Crippen molar-refractivity contribution in [3.05, 3.63) is 35.4 Å². The van der Waals surface area contributed by atoms with Crippen LogP contribution < -0.4 is 5.32 Å². The van der Waals surface area contributed by atoms with Crippen LogP contribution in [-0.2, 0) is 6.18 Å². The van der Waals surface area contributed by atoms with Crippen molar-refractivity contribution in [3.8, 4) is 0 Å². The minimum atomic E-state index is -4.25. The first kappa shape index (κ1) is 14.3. The molecule has 1 aliphatic rings. The van der Waals surface area contributed by atoms with Gasteiger partial charge in [-0.1, -0.05) is 24.6 Å². The molecule has 0 bridgehead atoms. The maximum absolute atomic E-state index is 12.8. The lowest BCUT2D eigenvalue weighted by Gasteiger charge is -2.26. The Morgan fingerprint density at radius 1 is 1.12 bits per heavy atom. The average Bonchev–Trinajstić information content (AvgIpc) is 2.29. The molecular formula is C12H15ClF3N. The van der Waals surface area contributed by atoms with E-state index in [1.807, 2.05) is 0 Å². The molecule has 0 radical (unpaired) electrons. The van der Waals surface area contributed by atoms with Gasteiger partial charge in [-0.2, -0.15) is 13.2 Å². The van der Waals surface area contributed by atoms with Crippen molar-refractivity contribution in [1.82, 2.24) is 5.32 Å². The molecule has 1 saturated heterocycles. The van der Waals surface area contributed by atoms with E-state index in [1.165, 1.54) is 6.07 Å². The van der Waals surface area contributed by atoms with Gasteiger partial charge in [0.25, 0.3) is 0 Å². The van der Waals surface area contributed by atoms with Gasteiger partial charge >= 0.3 is 6.18 Å². The maximum Gasteiger partial charge on any atom is 0.416 e. The van der Waals surface area contributed by atoms with Crippen LogP contribution in [0.2, 0.25) is 0 Å². The summed E-state index contributed by atoms with van der Waals surface area (Å²) in [6.07, 6.45) is -1.43. The third-order valence-corrected chi connectivity index (χ3v) is 2.95. The van der Waals surface area contributed by atoms with Gasteiger partial charge in [-0.3, -0.25) is 0 Å². The third-order valence-electron chi connectivity index (χ3n) is 2.95. The fraction of sp³-hybridized carbons (Fsp3) is 0.500. The SMILES string of the molecule is Cl.FC(F)(F)c1ccccc1C1CCCCN1. The molecular weight excluding hydrogens is 251 g/mol.